The third kappa shape index (κ3) is 6.40. The van der Waals surface area contributed by atoms with Crippen molar-refractivity contribution in [2.75, 3.05) is 18.5 Å². The van der Waals surface area contributed by atoms with Crippen LogP contribution in [0.4, 0.5) is 23.7 Å². The van der Waals surface area contributed by atoms with E-state index in [1.54, 1.807) is 35.8 Å². The molecule has 2 heterocycles. The van der Waals surface area contributed by atoms with Gasteiger partial charge in [0.15, 0.2) is 0 Å². The molecule has 0 aliphatic carbocycles. The lowest BCUT2D eigenvalue weighted by Crippen LogP contribution is -2.36. The molecule has 8 nitrogen and oxygen atoms in total. The molecule has 2 aromatic heterocycles. The van der Waals surface area contributed by atoms with Crippen molar-refractivity contribution >= 4 is 23.8 Å². The summed E-state index contributed by atoms with van der Waals surface area (Å²) in [6.45, 7) is 0.798. The Morgan fingerprint density at radius 3 is 2.70 bits per heavy atom. The number of aromatic nitrogens is 2. The summed E-state index contributed by atoms with van der Waals surface area (Å²) in [5.41, 5.74) is 2.58. The molecule has 3 N–H and O–H groups in total. The van der Waals surface area contributed by atoms with Gasteiger partial charge >= 0.3 is 12.2 Å². The second-order valence-corrected chi connectivity index (χ2v) is 5.78. The Hall–Kier alpha value is -3.76. The zero-order valence-corrected chi connectivity index (χ0v) is 15.8. The summed E-state index contributed by atoms with van der Waals surface area (Å²) in [5.74, 6) is 0.707. The fourth-order valence-corrected chi connectivity index (χ4v) is 2.54. The number of halogens is 3. The predicted molar refractivity (Wildman–Crippen MR) is 104 cm³/mol. The summed E-state index contributed by atoms with van der Waals surface area (Å²) < 4.78 is 43.8. The lowest BCUT2D eigenvalue weighted by atomic mass is 10.1. The standard InChI is InChI=1S/C18H17F3N4O2.CH2O2/c1-2-27-14-6-7-25-15(10-22-16(25)9-14)12-4-3-5-13(8-12)24-17(26)23-11-18(19,20)21;2-1-3/h3-10H,2,11H2,1H3,(H2,23,24,26);1H,(H,2,3). The van der Waals surface area contributed by atoms with Crippen molar-refractivity contribution in [1.82, 2.24) is 14.7 Å². The van der Waals surface area contributed by atoms with Gasteiger partial charge in [0.2, 0.25) is 0 Å². The number of amides is 2. The van der Waals surface area contributed by atoms with Gasteiger partial charge in [0.05, 0.1) is 18.5 Å². The van der Waals surface area contributed by atoms with E-state index in [0.717, 1.165) is 11.3 Å². The Balaban J connectivity index is 0.00000101. The summed E-state index contributed by atoms with van der Waals surface area (Å²) in [5, 5.41) is 11.0. The predicted octanol–water partition coefficient (Wildman–Crippen LogP) is 3.78. The molecule has 30 heavy (non-hydrogen) atoms. The lowest BCUT2D eigenvalue weighted by molar-refractivity contribution is -0.123. The van der Waals surface area contributed by atoms with Crippen molar-refractivity contribution in [3.05, 3.63) is 48.8 Å². The molecule has 0 aliphatic rings. The fourth-order valence-electron chi connectivity index (χ4n) is 2.54. The Morgan fingerprint density at radius 2 is 2.03 bits per heavy atom. The van der Waals surface area contributed by atoms with Crippen molar-refractivity contribution in [2.24, 2.45) is 0 Å². The van der Waals surface area contributed by atoms with E-state index in [2.05, 4.69) is 10.3 Å². The van der Waals surface area contributed by atoms with Gasteiger partial charge in [-0.25, -0.2) is 9.78 Å². The minimum Gasteiger partial charge on any atom is -0.494 e. The maximum atomic E-state index is 12.2. The molecule has 11 heteroatoms. The maximum Gasteiger partial charge on any atom is 0.405 e. The number of rotatable bonds is 5. The molecule has 160 valence electrons. The zero-order chi connectivity index (χ0) is 22.1. The normalized spacial score (nSPS) is 10.7. The van der Waals surface area contributed by atoms with E-state index in [4.69, 9.17) is 14.6 Å². The lowest BCUT2D eigenvalue weighted by Gasteiger charge is -2.11. The number of ether oxygens (including phenoxy) is 1. The molecule has 0 bridgehead atoms. The van der Waals surface area contributed by atoms with Gasteiger partial charge in [0.25, 0.3) is 6.47 Å². The smallest absolute Gasteiger partial charge is 0.405 e. The minimum absolute atomic E-state index is 0.250. The first-order chi connectivity index (χ1) is 14.3. The quantitative estimate of drug-likeness (QED) is 0.541. The number of urea groups is 1. The van der Waals surface area contributed by atoms with E-state index >= 15 is 0 Å². The van der Waals surface area contributed by atoms with Crippen molar-refractivity contribution in [3.8, 4) is 17.0 Å². The molecule has 1 aromatic carbocycles. The van der Waals surface area contributed by atoms with Crippen LogP contribution in [0.2, 0.25) is 0 Å². The number of nitrogens with one attached hydrogen (secondary N) is 2. The van der Waals surface area contributed by atoms with Crippen LogP contribution in [0, 0.1) is 0 Å². The highest BCUT2D eigenvalue weighted by Gasteiger charge is 2.27. The minimum atomic E-state index is -4.46. The van der Waals surface area contributed by atoms with Gasteiger partial charge in [-0.2, -0.15) is 13.2 Å². The number of hydrogen-bond acceptors (Lipinski definition) is 4. The zero-order valence-electron chi connectivity index (χ0n) is 15.8. The molecule has 0 saturated carbocycles. The molecule has 0 fully saturated rings. The molecule has 0 aliphatic heterocycles. The second kappa shape index (κ2) is 10.1. The Labute approximate surface area is 169 Å². The highest BCUT2D eigenvalue weighted by Crippen LogP contribution is 2.25. The highest BCUT2D eigenvalue weighted by molar-refractivity contribution is 5.90. The van der Waals surface area contributed by atoms with Crippen LogP contribution >= 0.6 is 0 Å². The van der Waals surface area contributed by atoms with E-state index in [1.165, 1.54) is 0 Å². The first-order valence-corrected chi connectivity index (χ1v) is 8.67. The Morgan fingerprint density at radius 1 is 1.30 bits per heavy atom. The van der Waals surface area contributed by atoms with Gasteiger partial charge in [-0.05, 0) is 25.1 Å². The number of pyridine rings is 1. The highest BCUT2D eigenvalue weighted by atomic mass is 19.4. The van der Waals surface area contributed by atoms with Gasteiger partial charge in [-0.15, -0.1) is 0 Å². The Bertz CT molecular complexity index is 1000. The number of carboxylic acid groups (broad SMARTS) is 1. The van der Waals surface area contributed by atoms with Crippen LogP contribution in [0.25, 0.3) is 16.9 Å². The van der Waals surface area contributed by atoms with Crippen LogP contribution in [-0.2, 0) is 4.79 Å². The summed E-state index contributed by atoms with van der Waals surface area (Å²) in [6, 6.07) is 9.46. The molecular formula is C19H19F3N4O4. The SMILES string of the molecule is CCOc1ccn2c(-c3cccc(NC(=O)NCC(F)(F)F)c3)cnc2c1.O=CO. The van der Waals surface area contributed by atoms with Crippen molar-refractivity contribution < 1.29 is 32.6 Å². The van der Waals surface area contributed by atoms with E-state index in [0.29, 0.717) is 23.7 Å². The maximum absolute atomic E-state index is 12.2. The molecule has 3 aromatic rings. The molecule has 0 spiro atoms. The van der Waals surface area contributed by atoms with Crippen molar-refractivity contribution in [3.63, 3.8) is 0 Å². The van der Waals surface area contributed by atoms with Gasteiger partial charge in [-0.3, -0.25) is 9.20 Å². The number of imidazole rings is 1. The number of benzene rings is 1. The average molecular weight is 424 g/mol. The van der Waals surface area contributed by atoms with E-state index in [-0.39, 0.29) is 6.47 Å². The van der Waals surface area contributed by atoms with Crippen LogP contribution in [0.3, 0.4) is 0 Å². The number of alkyl halides is 3. The number of nitrogens with zero attached hydrogens (tertiary/aromatic N) is 2. The van der Waals surface area contributed by atoms with Gasteiger partial charge in [0.1, 0.15) is 17.9 Å². The monoisotopic (exact) mass is 424 g/mol. The van der Waals surface area contributed by atoms with Crippen LogP contribution in [0.15, 0.2) is 48.8 Å². The summed E-state index contributed by atoms with van der Waals surface area (Å²) >= 11 is 0. The van der Waals surface area contributed by atoms with Gasteiger partial charge < -0.3 is 20.5 Å². The molecule has 3 rings (SSSR count). The van der Waals surface area contributed by atoms with E-state index in [9.17, 15) is 18.0 Å². The molecule has 0 atom stereocenters. The van der Waals surface area contributed by atoms with Crippen LogP contribution < -0.4 is 15.4 Å². The average Bonchev–Trinajstić information content (AvgIpc) is 3.10. The number of anilines is 1. The molecule has 0 unspecified atom stereocenters. The van der Waals surface area contributed by atoms with Crippen LogP contribution in [-0.4, -0.2) is 46.3 Å². The van der Waals surface area contributed by atoms with Crippen LogP contribution in [0.1, 0.15) is 6.92 Å². The topological polar surface area (TPSA) is 105 Å². The number of carbonyl (C=O) groups excluding carboxylic acids is 1. The number of carbonyl (C=O) groups is 2. The molecule has 2 amide bonds. The summed E-state index contributed by atoms with van der Waals surface area (Å²) in [4.78, 5) is 24.3. The molecule has 0 saturated heterocycles. The third-order valence-electron chi connectivity index (χ3n) is 3.66. The van der Waals surface area contributed by atoms with Crippen LogP contribution in [0.5, 0.6) is 5.75 Å². The third-order valence-corrected chi connectivity index (χ3v) is 3.66. The first-order valence-electron chi connectivity index (χ1n) is 8.67. The van der Waals surface area contributed by atoms with Crippen molar-refractivity contribution in [1.29, 1.82) is 0 Å². The molecular weight excluding hydrogens is 405 g/mol. The van der Waals surface area contributed by atoms with Crippen molar-refractivity contribution in [2.45, 2.75) is 13.1 Å². The molecule has 0 radical (unpaired) electrons. The van der Waals surface area contributed by atoms with E-state index < -0.39 is 18.8 Å². The summed E-state index contributed by atoms with van der Waals surface area (Å²) in [6.07, 6.45) is -0.970. The summed E-state index contributed by atoms with van der Waals surface area (Å²) in [7, 11) is 0. The number of hydrogen-bond donors (Lipinski definition) is 3. The first kappa shape index (κ1) is 22.5. The van der Waals surface area contributed by atoms with Gasteiger partial charge in [0, 0.05) is 23.5 Å². The largest absolute Gasteiger partial charge is 0.494 e. The fraction of sp³-hybridized carbons (Fsp3) is 0.211. The van der Waals surface area contributed by atoms with E-state index in [1.807, 2.05) is 29.7 Å². The van der Waals surface area contributed by atoms with Gasteiger partial charge in [-0.1, -0.05) is 12.1 Å². The number of fused-ring (bicyclic) bond motifs is 1. The Kier molecular flexibility index (Phi) is 7.62. The second-order valence-electron chi connectivity index (χ2n) is 5.78.